The highest BCUT2D eigenvalue weighted by Gasteiger charge is 2.30. The summed E-state index contributed by atoms with van der Waals surface area (Å²) < 4.78 is 5.00. The van der Waals surface area contributed by atoms with Gasteiger partial charge in [0.25, 0.3) is 0 Å². The smallest absolute Gasteiger partial charge is 0.407 e. The summed E-state index contributed by atoms with van der Waals surface area (Å²) in [6, 6.07) is 4.84. The predicted octanol–water partition coefficient (Wildman–Crippen LogP) is 1.02. The number of nitrogens with one attached hydrogen (secondary N) is 1. The van der Waals surface area contributed by atoms with E-state index < -0.39 is 6.09 Å². The molecule has 1 saturated heterocycles. The zero-order valence-corrected chi connectivity index (χ0v) is 11.7. The number of ether oxygens (including phenoxy) is 1. The maximum Gasteiger partial charge on any atom is 0.407 e. The molecule has 2 amide bonds. The van der Waals surface area contributed by atoms with Crippen molar-refractivity contribution in [2.45, 2.75) is 13.0 Å². The second-order valence-electron chi connectivity index (χ2n) is 4.94. The summed E-state index contributed by atoms with van der Waals surface area (Å²) in [6.45, 7) is 0.930. The topological polar surface area (TPSA) is 99.1 Å². The molecule has 0 spiro atoms. The van der Waals surface area contributed by atoms with E-state index in [4.69, 9.17) is 9.84 Å². The lowest BCUT2D eigenvalue weighted by Crippen LogP contribution is -2.33. The molecule has 7 heteroatoms. The molecule has 114 valence electrons. The third kappa shape index (κ3) is 3.56. The van der Waals surface area contributed by atoms with Gasteiger partial charge in [-0.3, -0.25) is 4.79 Å². The van der Waals surface area contributed by atoms with Crippen LogP contribution < -0.4 is 10.1 Å². The number of rotatable bonds is 4. The molecule has 7 nitrogen and oxygen atoms in total. The van der Waals surface area contributed by atoms with E-state index in [0.29, 0.717) is 25.3 Å². The Kier molecular flexibility index (Phi) is 4.52. The van der Waals surface area contributed by atoms with Crippen LogP contribution in [0.3, 0.4) is 0 Å². The van der Waals surface area contributed by atoms with E-state index in [2.05, 4.69) is 5.32 Å². The van der Waals surface area contributed by atoms with Gasteiger partial charge in [-0.1, -0.05) is 6.07 Å². The molecule has 0 bridgehead atoms. The molecular weight excluding hydrogens is 276 g/mol. The Morgan fingerprint density at radius 3 is 2.86 bits per heavy atom. The van der Waals surface area contributed by atoms with E-state index >= 15 is 0 Å². The first-order valence-corrected chi connectivity index (χ1v) is 6.62. The summed E-state index contributed by atoms with van der Waals surface area (Å²) in [5, 5.41) is 21.1. The predicted molar refractivity (Wildman–Crippen MR) is 74.2 cm³/mol. The van der Waals surface area contributed by atoms with Crippen molar-refractivity contribution in [1.29, 1.82) is 0 Å². The number of amides is 2. The number of carboxylic acid groups (broad SMARTS) is 1. The molecule has 1 aromatic carbocycles. The fourth-order valence-electron chi connectivity index (χ4n) is 2.31. The van der Waals surface area contributed by atoms with Crippen LogP contribution >= 0.6 is 0 Å². The zero-order chi connectivity index (χ0) is 15.4. The van der Waals surface area contributed by atoms with Gasteiger partial charge in [-0.25, -0.2) is 4.79 Å². The second kappa shape index (κ2) is 6.34. The number of benzene rings is 1. The van der Waals surface area contributed by atoms with E-state index in [1.165, 1.54) is 18.1 Å². The number of hydrogen-bond acceptors (Lipinski definition) is 4. The number of aromatic hydroxyl groups is 1. The fourth-order valence-corrected chi connectivity index (χ4v) is 2.31. The van der Waals surface area contributed by atoms with Crippen molar-refractivity contribution < 1.29 is 24.5 Å². The van der Waals surface area contributed by atoms with Gasteiger partial charge < -0.3 is 25.2 Å². The Labute approximate surface area is 122 Å². The molecule has 1 fully saturated rings. The SMILES string of the molecule is COc1cc(CNC(=O)[C@@H]2CCN(C(=O)O)C2)ccc1O. The van der Waals surface area contributed by atoms with E-state index in [-0.39, 0.29) is 24.1 Å². The lowest BCUT2D eigenvalue weighted by atomic mass is 10.1. The molecule has 0 saturated carbocycles. The molecule has 2 rings (SSSR count). The fraction of sp³-hybridized carbons (Fsp3) is 0.429. The Balaban J connectivity index is 1.88. The maximum absolute atomic E-state index is 12.0. The minimum Gasteiger partial charge on any atom is -0.504 e. The average Bonchev–Trinajstić information content (AvgIpc) is 2.96. The molecule has 0 aliphatic carbocycles. The van der Waals surface area contributed by atoms with Crippen LogP contribution in [0.5, 0.6) is 11.5 Å². The van der Waals surface area contributed by atoms with Gasteiger partial charge in [0.2, 0.25) is 5.91 Å². The van der Waals surface area contributed by atoms with Crippen LogP contribution in [0.4, 0.5) is 4.79 Å². The number of hydrogen-bond donors (Lipinski definition) is 3. The molecule has 21 heavy (non-hydrogen) atoms. The van der Waals surface area contributed by atoms with Crippen molar-refractivity contribution in [3.63, 3.8) is 0 Å². The summed E-state index contributed by atoms with van der Waals surface area (Å²) in [5.41, 5.74) is 0.797. The Hall–Kier alpha value is -2.44. The summed E-state index contributed by atoms with van der Waals surface area (Å²) >= 11 is 0. The number of methoxy groups -OCH3 is 1. The molecule has 0 unspecified atom stereocenters. The summed E-state index contributed by atoms with van der Waals surface area (Å²) in [4.78, 5) is 24.0. The average molecular weight is 294 g/mol. The first kappa shape index (κ1) is 15.0. The Morgan fingerprint density at radius 2 is 2.24 bits per heavy atom. The molecular formula is C14H18N2O5. The summed E-state index contributed by atoms with van der Waals surface area (Å²) in [6.07, 6.45) is -0.453. The maximum atomic E-state index is 12.0. The Bertz CT molecular complexity index is 546. The molecule has 1 aliphatic rings. The van der Waals surface area contributed by atoms with Gasteiger partial charge >= 0.3 is 6.09 Å². The van der Waals surface area contributed by atoms with E-state index in [0.717, 1.165) is 5.56 Å². The van der Waals surface area contributed by atoms with Crippen LogP contribution in [0.2, 0.25) is 0 Å². The molecule has 1 atom stereocenters. The van der Waals surface area contributed by atoms with Gasteiger partial charge in [0, 0.05) is 19.6 Å². The van der Waals surface area contributed by atoms with Crippen molar-refractivity contribution in [3.8, 4) is 11.5 Å². The standard InChI is InChI=1S/C14H18N2O5/c1-21-12-6-9(2-3-11(12)17)7-15-13(18)10-4-5-16(8-10)14(19)20/h2-3,6,10,17H,4-5,7-8H2,1H3,(H,15,18)(H,19,20)/t10-/m1/s1. The van der Waals surface area contributed by atoms with Crippen molar-refractivity contribution in [3.05, 3.63) is 23.8 Å². The molecule has 0 radical (unpaired) electrons. The lowest BCUT2D eigenvalue weighted by molar-refractivity contribution is -0.124. The van der Waals surface area contributed by atoms with Crippen LogP contribution in [0.15, 0.2) is 18.2 Å². The normalized spacial score (nSPS) is 17.6. The molecule has 1 heterocycles. The zero-order valence-electron chi connectivity index (χ0n) is 11.7. The molecule has 0 aromatic heterocycles. The van der Waals surface area contributed by atoms with Gasteiger partial charge in [-0.2, -0.15) is 0 Å². The van der Waals surface area contributed by atoms with Gasteiger partial charge in [0.15, 0.2) is 11.5 Å². The lowest BCUT2D eigenvalue weighted by Gasteiger charge is -2.13. The third-order valence-electron chi connectivity index (χ3n) is 3.54. The summed E-state index contributed by atoms with van der Waals surface area (Å²) in [7, 11) is 1.45. The van der Waals surface area contributed by atoms with E-state index in [9.17, 15) is 14.7 Å². The van der Waals surface area contributed by atoms with Gasteiger partial charge in [0.1, 0.15) is 0 Å². The highest BCUT2D eigenvalue weighted by molar-refractivity contribution is 5.80. The van der Waals surface area contributed by atoms with E-state index in [1.807, 2.05) is 0 Å². The summed E-state index contributed by atoms with van der Waals surface area (Å²) in [5.74, 6) is -0.0777. The van der Waals surface area contributed by atoms with E-state index in [1.54, 1.807) is 12.1 Å². The van der Waals surface area contributed by atoms with Gasteiger partial charge in [-0.15, -0.1) is 0 Å². The Morgan fingerprint density at radius 1 is 1.48 bits per heavy atom. The molecule has 1 aromatic rings. The van der Waals surface area contributed by atoms with Crippen molar-refractivity contribution in [1.82, 2.24) is 10.2 Å². The van der Waals surface area contributed by atoms with Crippen LogP contribution in [0, 0.1) is 5.92 Å². The molecule has 1 aliphatic heterocycles. The number of phenols is 1. The van der Waals surface area contributed by atoms with Gasteiger partial charge in [0.05, 0.1) is 13.0 Å². The van der Waals surface area contributed by atoms with Crippen LogP contribution in [-0.4, -0.2) is 47.3 Å². The minimum absolute atomic E-state index is 0.0421. The van der Waals surface area contributed by atoms with Crippen molar-refractivity contribution in [2.75, 3.05) is 20.2 Å². The molecule has 3 N–H and O–H groups in total. The minimum atomic E-state index is -0.992. The third-order valence-corrected chi connectivity index (χ3v) is 3.54. The van der Waals surface area contributed by atoms with Gasteiger partial charge in [-0.05, 0) is 24.1 Å². The number of carbonyl (C=O) groups excluding carboxylic acids is 1. The first-order valence-electron chi connectivity index (χ1n) is 6.62. The van der Waals surface area contributed by atoms with Crippen LogP contribution in [0.25, 0.3) is 0 Å². The van der Waals surface area contributed by atoms with Crippen LogP contribution in [-0.2, 0) is 11.3 Å². The first-order chi connectivity index (χ1) is 10.0. The highest BCUT2D eigenvalue weighted by atomic mass is 16.5. The van der Waals surface area contributed by atoms with Crippen molar-refractivity contribution >= 4 is 12.0 Å². The van der Waals surface area contributed by atoms with Crippen molar-refractivity contribution in [2.24, 2.45) is 5.92 Å². The highest BCUT2D eigenvalue weighted by Crippen LogP contribution is 2.26. The largest absolute Gasteiger partial charge is 0.504 e. The number of phenolic OH excluding ortho intramolecular Hbond substituents is 1. The monoisotopic (exact) mass is 294 g/mol. The quantitative estimate of drug-likeness (QED) is 0.770. The number of nitrogens with zero attached hydrogens (tertiary/aromatic N) is 1. The van der Waals surface area contributed by atoms with Crippen LogP contribution in [0.1, 0.15) is 12.0 Å². The number of likely N-dealkylation sites (tertiary alicyclic amines) is 1. The second-order valence-corrected chi connectivity index (χ2v) is 4.94. The number of carbonyl (C=O) groups is 2.